The molecule has 2 atom stereocenters. The quantitative estimate of drug-likeness (QED) is 0.851. The molecular formula is C19H18N2O3. The topological polar surface area (TPSA) is 67.4 Å². The lowest BCUT2D eigenvalue weighted by molar-refractivity contribution is -0.149. The molecular weight excluding hydrogens is 304 g/mol. The second-order valence-corrected chi connectivity index (χ2v) is 5.58. The fraction of sp³-hybridized carbons (Fsp3) is 0.158. The van der Waals surface area contributed by atoms with Gasteiger partial charge in [0.1, 0.15) is 12.5 Å². The largest absolute Gasteiger partial charge is 0.460 e. The third-order valence-electron chi connectivity index (χ3n) is 3.91. The molecule has 0 bridgehead atoms. The molecule has 5 nitrogen and oxygen atoms in total. The van der Waals surface area contributed by atoms with E-state index in [0.717, 1.165) is 11.1 Å². The lowest BCUT2D eigenvalue weighted by Crippen LogP contribution is -2.51. The van der Waals surface area contributed by atoms with Crippen molar-refractivity contribution in [3.05, 3.63) is 84.1 Å². The Morgan fingerprint density at radius 2 is 1.67 bits per heavy atom. The normalized spacial score (nSPS) is 20.0. The standard InChI is InChI=1S/C19H18N2O3/c1-13-16(18(22)24-12-14-8-4-2-5-9-14)17(21-19(23)20-13)15-10-6-3-7-11-15/h2-11,16-17H,1,12H2,(H2,20,21,23). The van der Waals surface area contributed by atoms with E-state index >= 15 is 0 Å². The van der Waals surface area contributed by atoms with Crippen LogP contribution < -0.4 is 10.6 Å². The molecule has 24 heavy (non-hydrogen) atoms. The van der Waals surface area contributed by atoms with Crippen molar-refractivity contribution in [2.24, 2.45) is 5.92 Å². The lowest BCUT2D eigenvalue weighted by atomic mass is 9.89. The average Bonchev–Trinajstić information content (AvgIpc) is 2.60. The number of hydrogen-bond acceptors (Lipinski definition) is 3. The highest BCUT2D eigenvalue weighted by Gasteiger charge is 2.38. The molecule has 0 aliphatic carbocycles. The summed E-state index contributed by atoms with van der Waals surface area (Å²) < 4.78 is 5.43. The summed E-state index contributed by atoms with van der Waals surface area (Å²) in [6, 6.07) is 17.9. The Bertz CT molecular complexity index is 744. The summed E-state index contributed by atoms with van der Waals surface area (Å²) >= 11 is 0. The van der Waals surface area contributed by atoms with Crippen LogP contribution in [-0.2, 0) is 16.1 Å². The van der Waals surface area contributed by atoms with Crippen molar-refractivity contribution in [1.82, 2.24) is 10.6 Å². The molecule has 3 rings (SSSR count). The van der Waals surface area contributed by atoms with Gasteiger partial charge in [0.25, 0.3) is 0 Å². The maximum Gasteiger partial charge on any atom is 0.319 e. The molecule has 1 saturated heterocycles. The fourth-order valence-corrected chi connectivity index (χ4v) is 2.72. The van der Waals surface area contributed by atoms with Gasteiger partial charge < -0.3 is 15.4 Å². The number of urea groups is 1. The summed E-state index contributed by atoms with van der Waals surface area (Å²) in [4.78, 5) is 24.4. The summed E-state index contributed by atoms with van der Waals surface area (Å²) in [5.41, 5.74) is 2.07. The highest BCUT2D eigenvalue weighted by atomic mass is 16.5. The number of ether oxygens (including phenoxy) is 1. The third kappa shape index (κ3) is 3.46. The van der Waals surface area contributed by atoms with Crippen LogP contribution in [-0.4, -0.2) is 12.0 Å². The van der Waals surface area contributed by atoms with E-state index in [1.165, 1.54) is 0 Å². The molecule has 0 radical (unpaired) electrons. The zero-order valence-electron chi connectivity index (χ0n) is 13.1. The predicted octanol–water partition coefficient (Wildman–Crippen LogP) is 2.91. The number of rotatable bonds is 4. The number of nitrogens with one attached hydrogen (secondary N) is 2. The van der Waals surface area contributed by atoms with Crippen LogP contribution in [0.4, 0.5) is 4.79 Å². The second-order valence-electron chi connectivity index (χ2n) is 5.58. The van der Waals surface area contributed by atoms with Crippen LogP contribution in [0, 0.1) is 5.92 Å². The summed E-state index contributed by atoms with van der Waals surface area (Å²) in [7, 11) is 0. The minimum absolute atomic E-state index is 0.179. The Balaban J connectivity index is 1.78. The first-order chi connectivity index (χ1) is 11.6. The highest BCUT2D eigenvalue weighted by molar-refractivity contribution is 5.85. The van der Waals surface area contributed by atoms with E-state index in [0.29, 0.717) is 5.70 Å². The zero-order chi connectivity index (χ0) is 16.9. The smallest absolute Gasteiger partial charge is 0.319 e. The van der Waals surface area contributed by atoms with E-state index in [4.69, 9.17) is 4.74 Å². The van der Waals surface area contributed by atoms with Gasteiger partial charge in [0.2, 0.25) is 0 Å². The highest BCUT2D eigenvalue weighted by Crippen LogP contribution is 2.30. The van der Waals surface area contributed by atoms with E-state index in [9.17, 15) is 9.59 Å². The van der Waals surface area contributed by atoms with Gasteiger partial charge in [0, 0.05) is 5.70 Å². The van der Waals surface area contributed by atoms with Crippen molar-refractivity contribution >= 4 is 12.0 Å². The summed E-state index contributed by atoms with van der Waals surface area (Å²) in [6.45, 7) is 4.00. The number of amides is 2. The molecule has 2 aromatic carbocycles. The Kier molecular flexibility index (Phi) is 4.61. The fourth-order valence-electron chi connectivity index (χ4n) is 2.72. The number of benzene rings is 2. The molecule has 122 valence electrons. The molecule has 2 unspecified atom stereocenters. The van der Waals surface area contributed by atoms with Gasteiger partial charge in [-0.2, -0.15) is 0 Å². The van der Waals surface area contributed by atoms with E-state index in [-0.39, 0.29) is 12.6 Å². The van der Waals surface area contributed by atoms with Crippen molar-refractivity contribution < 1.29 is 14.3 Å². The van der Waals surface area contributed by atoms with Gasteiger partial charge >= 0.3 is 12.0 Å². The molecule has 0 aromatic heterocycles. The van der Waals surface area contributed by atoms with E-state index < -0.39 is 17.9 Å². The maximum atomic E-state index is 12.6. The Hall–Kier alpha value is -3.08. The Morgan fingerprint density at radius 1 is 1.04 bits per heavy atom. The Morgan fingerprint density at radius 3 is 2.33 bits per heavy atom. The van der Waals surface area contributed by atoms with E-state index in [1.54, 1.807) is 0 Å². The average molecular weight is 322 g/mol. The summed E-state index contributed by atoms with van der Waals surface area (Å²) in [6.07, 6.45) is 0. The van der Waals surface area contributed by atoms with Crippen LogP contribution in [0.5, 0.6) is 0 Å². The number of esters is 1. The third-order valence-corrected chi connectivity index (χ3v) is 3.91. The van der Waals surface area contributed by atoms with E-state index in [2.05, 4.69) is 17.2 Å². The minimum Gasteiger partial charge on any atom is -0.460 e. The SMILES string of the molecule is C=C1NC(=O)NC(c2ccccc2)C1C(=O)OCc1ccccc1. The summed E-state index contributed by atoms with van der Waals surface area (Å²) in [5.74, 6) is -1.11. The monoisotopic (exact) mass is 322 g/mol. The van der Waals surface area contributed by atoms with Crippen molar-refractivity contribution in [2.75, 3.05) is 0 Å². The van der Waals surface area contributed by atoms with Crippen molar-refractivity contribution in [1.29, 1.82) is 0 Å². The van der Waals surface area contributed by atoms with E-state index in [1.807, 2.05) is 60.7 Å². The van der Waals surface area contributed by atoms with Gasteiger partial charge in [0.05, 0.1) is 6.04 Å². The van der Waals surface area contributed by atoms with Gasteiger partial charge in [-0.25, -0.2) is 4.79 Å². The second kappa shape index (κ2) is 7.00. The minimum atomic E-state index is -0.686. The van der Waals surface area contributed by atoms with Crippen molar-refractivity contribution in [2.45, 2.75) is 12.6 Å². The molecule has 1 aliphatic heterocycles. The van der Waals surface area contributed by atoms with Crippen LogP contribution in [0.15, 0.2) is 72.9 Å². The zero-order valence-corrected chi connectivity index (χ0v) is 13.1. The first-order valence-electron chi connectivity index (χ1n) is 7.67. The lowest BCUT2D eigenvalue weighted by Gasteiger charge is -2.33. The van der Waals surface area contributed by atoms with Crippen molar-refractivity contribution in [3.63, 3.8) is 0 Å². The first kappa shape index (κ1) is 15.8. The van der Waals surface area contributed by atoms with Crippen LogP contribution >= 0.6 is 0 Å². The van der Waals surface area contributed by atoms with Gasteiger partial charge in [0.15, 0.2) is 0 Å². The Labute approximate surface area is 140 Å². The van der Waals surface area contributed by atoms with Crippen molar-refractivity contribution in [3.8, 4) is 0 Å². The molecule has 2 amide bonds. The van der Waals surface area contributed by atoms with Crippen LogP contribution in [0.2, 0.25) is 0 Å². The van der Waals surface area contributed by atoms with Gasteiger partial charge in [-0.3, -0.25) is 4.79 Å². The number of hydrogen-bond donors (Lipinski definition) is 2. The van der Waals surface area contributed by atoms with Gasteiger partial charge in [-0.1, -0.05) is 67.2 Å². The number of carbonyl (C=O) groups excluding carboxylic acids is 2. The first-order valence-corrected chi connectivity index (χ1v) is 7.67. The molecule has 0 saturated carbocycles. The van der Waals surface area contributed by atoms with Gasteiger partial charge in [-0.05, 0) is 11.1 Å². The molecule has 5 heteroatoms. The molecule has 1 heterocycles. The molecule has 1 fully saturated rings. The van der Waals surface area contributed by atoms with Crippen LogP contribution in [0.3, 0.4) is 0 Å². The maximum absolute atomic E-state index is 12.6. The molecule has 2 aromatic rings. The molecule has 0 spiro atoms. The van der Waals surface area contributed by atoms with Crippen LogP contribution in [0.1, 0.15) is 17.2 Å². The number of carbonyl (C=O) groups is 2. The van der Waals surface area contributed by atoms with Crippen LogP contribution in [0.25, 0.3) is 0 Å². The van der Waals surface area contributed by atoms with Gasteiger partial charge in [-0.15, -0.1) is 0 Å². The summed E-state index contributed by atoms with van der Waals surface area (Å²) in [5, 5.41) is 5.34. The predicted molar refractivity (Wildman–Crippen MR) is 89.7 cm³/mol. The molecule has 1 aliphatic rings. The molecule has 2 N–H and O–H groups in total.